The summed E-state index contributed by atoms with van der Waals surface area (Å²) in [5.41, 5.74) is 6.16. The van der Waals surface area contributed by atoms with Crippen LogP contribution >= 0.6 is 0 Å². The predicted octanol–water partition coefficient (Wildman–Crippen LogP) is 0.964. The Morgan fingerprint density at radius 1 is 1.31 bits per heavy atom. The molecule has 1 aromatic heterocycles. The van der Waals surface area contributed by atoms with Gasteiger partial charge in [0, 0.05) is 12.6 Å². The maximum atomic E-state index is 11.0. The fraction of sp³-hybridized carbons (Fsp3) is 0.0909. The molecular weight excluding hydrogens is 204 g/mol. The first-order valence-electron chi connectivity index (χ1n) is 4.89. The molecule has 0 radical (unpaired) electrons. The van der Waals surface area contributed by atoms with Gasteiger partial charge in [-0.2, -0.15) is 4.98 Å². The van der Waals surface area contributed by atoms with E-state index in [0.29, 0.717) is 18.2 Å². The zero-order chi connectivity index (χ0) is 11.4. The molecular formula is C11H12N4O. The molecule has 2 rings (SSSR count). The molecule has 2 aromatic rings. The Balaban J connectivity index is 2.08. The molecule has 0 unspecified atom stereocenters. The van der Waals surface area contributed by atoms with Gasteiger partial charge in [-0.3, -0.25) is 4.98 Å². The summed E-state index contributed by atoms with van der Waals surface area (Å²) < 4.78 is 0. The van der Waals surface area contributed by atoms with Crippen LogP contribution in [0.25, 0.3) is 0 Å². The van der Waals surface area contributed by atoms with Crippen molar-refractivity contribution in [3.63, 3.8) is 0 Å². The first-order chi connectivity index (χ1) is 7.74. The van der Waals surface area contributed by atoms with E-state index in [-0.39, 0.29) is 0 Å². The van der Waals surface area contributed by atoms with E-state index >= 15 is 0 Å². The van der Waals surface area contributed by atoms with E-state index in [1.165, 1.54) is 0 Å². The highest BCUT2D eigenvalue weighted by molar-refractivity contribution is 5.43. The number of H-pyrrole nitrogens is 1. The number of nitrogen functional groups attached to an aromatic ring is 1. The Morgan fingerprint density at radius 3 is 2.75 bits per heavy atom. The Bertz CT molecular complexity index is 521. The molecule has 0 bridgehead atoms. The molecule has 5 heteroatoms. The molecule has 0 saturated carbocycles. The molecule has 1 heterocycles. The number of nitrogens with one attached hydrogen (secondary N) is 2. The van der Waals surface area contributed by atoms with Crippen molar-refractivity contribution in [2.24, 2.45) is 0 Å². The van der Waals surface area contributed by atoms with Gasteiger partial charge >= 0.3 is 5.69 Å². The van der Waals surface area contributed by atoms with Crippen LogP contribution in [0.15, 0.2) is 41.2 Å². The summed E-state index contributed by atoms with van der Waals surface area (Å²) in [4.78, 5) is 17.2. The minimum absolute atomic E-state index is 0.301. The molecule has 0 aliphatic carbocycles. The Hall–Kier alpha value is -2.30. The third-order valence-corrected chi connectivity index (χ3v) is 2.08. The van der Waals surface area contributed by atoms with Gasteiger partial charge in [-0.15, -0.1) is 0 Å². The van der Waals surface area contributed by atoms with Crippen molar-refractivity contribution < 1.29 is 0 Å². The lowest BCUT2D eigenvalue weighted by Crippen LogP contribution is -2.15. The molecule has 0 saturated heterocycles. The van der Waals surface area contributed by atoms with E-state index in [9.17, 15) is 4.79 Å². The molecule has 0 atom stereocenters. The zero-order valence-electron chi connectivity index (χ0n) is 8.60. The van der Waals surface area contributed by atoms with E-state index < -0.39 is 5.69 Å². The van der Waals surface area contributed by atoms with Gasteiger partial charge in [0.05, 0.1) is 0 Å². The number of aromatic amines is 1. The van der Waals surface area contributed by atoms with Crippen molar-refractivity contribution in [1.82, 2.24) is 9.97 Å². The smallest absolute Gasteiger partial charge is 0.348 e. The lowest BCUT2D eigenvalue weighted by molar-refractivity contribution is 1.04. The monoisotopic (exact) mass is 216 g/mol. The molecule has 0 spiro atoms. The second kappa shape index (κ2) is 4.48. The lowest BCUT2D eigenvalue weighted by atomic mass is 10.2. The van der Waals surface area contributed by atoms with Gasteiger partial charge in [-0.05, 0) is 5.56 Å². The second-order valence-electron chi connectivity index (χ2n) is 3.37. The predicted molar refractivity (Wildman–Crippen MR) is 63.0 cm³/mol. The minimum Gasteiger partial charge on any atom is -0.385 e. The molecule has 16 heavy (non-hydrogen) atoms. The van der Waals surface area contributed by atoms with E-state index in [2.05, 4.69) is 15.3 Å². The molecule has 0 amide bonds. The van der Waals surface area contributed by atoms with Gasteiger partial charge in [-0.25, -0.2) is 4.79 Å². The summed E-state index contributed by atoms with van der Waals surface area (Å²) in [7, 11) is 0. The molecule has 0 aliphatic rings. The van der Waals surface area contributed by atoms with Crippen LogP contribution in [-0.4, -0.2) is 9.97 Å². The van der Waals surface area contributed by atoms with Crippen LogP contribution in [0.2, 0.25) is 0 Å². The molecule has 4 N–H and O–H groups in total. The van der Waals surface area contributed by atoms with Crippen LogP contribution in [0.3, 0.4) is 0 Å². The molecule has 0 fully saturated rings. The summed E-state index contributed by atoms with van der Waals surface area (Å²) in [6.07, 6.45) is 0. The first-order valence-corrected chi connectivity index (χ1v) is 4.89. The summed E-state index contributed by atoms with van der Waals surface area (Å²) in [6.45, 7) is 0.608. The number of benzene rings is 1. The van der Waals surface area contributed by atoms with Crippen LogP contribution in [0.1, 0.15) is 5.56 Å². The Kier molecular flexibility index (Phi) is 2.86. The SMILES string of the molecule is Nc1cc(NCc2ccccc2)nc(=O)[nH]1. The molecule has 82 valence electrons. The van der Waals surface area contributed by atoms with E-state index in [1.807, 2.05) is 30.3 Å². The zero-order valence-corrected chi connectivity index (χ0v) is 8.60. The van der Waals surface area contributed by atoms with E-state index in [1.54, 1.807) is 6.07 Å². The molecule has 5 nitrogen and oxygen atoms in total. The molecule has 0 aliphatic heterocycles. The highest BCUT2D eigenvalue weighted by atomic mass is 16.1. The average molecular weight is 216 g/mol. The third kappa shape index (κ3) is 2.60. The summed E-state index contributed by atoms with van der Waals surface area (Å²) in [6, 6.07) is 11.4. The van der Waals surface area contributed by atoms with Crippen LogP contribution < -0.4 is 16.7 Å². The number of rotatable bonds is 3. The second-order valence-corrected chi connectivity index (χ2v) is 3.37. The van der Waals surface area contributed by atoms with E-state index in [0.717, 1.165) is 5.56 Å². The van der Waals surface area contributed by atoms with Gasteiger partial charge in [-0.1, -0.05) is 30.3 Å². The van der Waals surface area contributed by atoms with Crippen molar-refractivity contribution >= 4 is 11.6 Å². The molecule has 1 aromatic carbocycles. The van der Waals surface area contributed by atoms with Crippen molar-refractivity contribution in [3.8, 4) is 0 Å². The largest absolute Gasteiger partial charge is 0.385 e. The highest BCUT2D eigenvalue weighted by Crippen LogP contribution is 2.05. The third-order valence-electron chi connectivity index (χ3n) is 2.08. The Labute approximate surface area is 92.3 Å². The quantitative estimate of drug-likeness (QED) is 0.713. The van der Waals surface area contributed by atoms with Gasteiger partial charge in [0.2, 0.25) is 0 Å². The summed E-state index contributed by atoms with van der Waals surface area (Å²) in [5.74, 6) is 0.778. The standard InChI is InChI=1S/C11H12N4O/c12-9-6-10(15-11(16)14-9)13-7-8-4-2-1-3-5-8/h1-6H,7H2,(H4,12,13,14,15,16). The van der Waals surface area contributed by atoms with Gasteiger partial charge in [0.25, 0.3) is 0 Å². The fourth-order valence-electron chi connectivity index (χ4n) is 1.36. The summed E-state index contributed by atoms with van der Waals surface area (Å²) >= 11 is 0. The number of anilines is 2. The van der Waals surface area contributed by atoms with Crippen molar-refractivity contribution in [1.29, 1.82) is 0 Å². The number of nitrogens with zero attached hydrogens (tertiary/aromatic N) is 1. The maximum absolute atomic E-state index is 11.0. The number of aromatic nitrogens is 2. The number of hydrogen-bond donors (Lipinski definition) is 3. The number of nitrogens with two attached hydrogens (primary N) is 1. The van der Waals surface area contributed by atoms with E-state index in [4.69, 9.17) is 5.73 Å². The summed E-state index contributed by atoms with van der Waals surface area (Å²) in [5, 5.41) is 3.03. The number of hydrogen-bond acceptors (Lipinski definition) is 4. The lowest BCUT2D eigenvalue weighted by Gasteiger charge is -2.05. The van der Waals surface area contributed by atoms with Crippen molar-refractivity contribution in [2.45, 2.75) is 6.54 Å². The van der Waals surface area contributed by atoms with Crippen LogP contribution in [0, 0.1) is 0 Å². The van der Waals surface area contributed by atoms with Crippen molar-refractivity contribution in [2.75, 3.05) is 11.1 Å². The fourth-order valence-corrected chi connectivity index (χ4v) is 1.36. The van der Waals surface area contributed by atoms with Gasteiger partial charge in [0.1, 0.15) is 11.6 Å². The topological polar surface area (TPSA) is 83.8 Å². The Morgan fingerprint density at radius 2 is 2.06 bits per heavy atom. The van der Waals surface area contributed by atoms with Crippen LogP contribution in [0.4, 0.5) is 11.6 Å². The van der Waals surface area contributed by atoms with Crippen LogP contribution in [-0.2, 0) is 6.54 Å². The first kappa shape index (κ1) is 10.2. The normalized spacial score (nSPS) is 10.0. The minimum atomic E-state index is -0.449. The average Bonchev–Trinajstić information content (AvgIpc) is 2.27. The van der Waals surface area contributed by atoms with Crippen molar-refractivity contribution in [3.05, 3.63) is 52.4 Å². The van der Waals surface area contributed by atoms with Gasteiger partial charge < -0.3 is 11.1 Å². The van der Waals surface area contributed by atoms with Gasteiger partial charge in [0.15, 0.2) is 0 Å². The maximum Gasteiger partial charge on any atom is 0.348 e. The highest BCUT2D eigenvalue weighted by Gasteiger charge is 1.97. The van der Waals surface area contributed by atoms with Crippen LogP contribution in [0.5, 0.6) is 0 Å².